The molecule has 2 aromatic rings. The first-order chi connectivity index (χ1) is 14.9. The molecule has 0 aliphatic rings. The van der Waals surface area contributed by atoms with E-state index in [9.17, 15) is 13.2 Å². The summed E-state index contributed by atoms with van der Waals surface area (Å²) in [6.45, 7) is 9.01. The lowest BCUT2D eigenvalue weighted by atomic mass is 10.1. The zero-order chi connectivity index (χ0) is 22.9. The topological polar surface area (TPSA) is 103 Å². The molecule has 2 N–H and O–H groups in total. The van der Waals surface area contributed by atoms with E-state index in [4.69, 9.17) is 14.2 Å². The fourth-order valence-electron chi connectivity index (χ4n) is 2.76. The van der Waals surface area contributed by atoms with Crippen LogP contribution in [0.2, 0.25) is 0 Å². The summed E-state index contributed by atoms with van der Waals surface area (Å²) in [5.41, 5.74) is 0.793. The molecule has 31 heavy (non-hydrogen) atoms. The zero-order valence-corrected chi connectivity index (χ0v) is 19.2. The monoisotopic (exact) mass is 450 g/mol. The first-order valence-electron chi connectivity index (χ1n) is 10.3. The minimum atomic E-state index is -3.56. The third kappa shape index (κ3) is 6.60. The molecule has 0 aliphatic heterocycles. The van der Waals surface area contributed by atoms with E-state index in [-0.39, 0.29) is 10.8 Å². The van der Waals surface area contributed by atoms with Gasteiger partial charge in [-0.15, -0.1) is 0 Å². The molecule has 0 aromatic heterocycles. The van der Waals surface area contributed by atoms with Gasteiger partial charge in [-0.1, -0.05) is 6.92 Å². The van der Waals surface area contributed by atoms with Gasteiger partial charge in [-0.2, -0.15) is 0 Å². The van der Waals surface area contributed by atoms with Gasteiger partial charge in [-0.3, -0.25) is 4.79 Å². The van der Waals surface area contributed by atoms with Crippen molar-refractivity contribution in [3.63, 3.8) is 0 Å². The first-order valence-corrected chi connectivity index (χ1v) is 11.8. The van der Waals surface area contributed by atoms with Gasteiger partial charge in [0.25, 0.3) is 5.91 Å². The lowest BCUT2D eigenvalue weighted by molar-refractivity contribution is 0.102. The molecule has 0 heterocycles. The summed E-state index contributed by atoms with van der Waals surface area (Å²) in [5.74, 6) is 0.911. The minimum absolute atomic E-state index is 0.136. The zero-order valence-electron chi connectivity index (χ0n) is 18.4. The van der Waals surface area contributed by atoms with E-state index in [1.54, 1.807) is 24.3 Å². The van der Waals surface area contributed by atoms with Crippen molar-refractivity contribution in [2.24, 2.45) is 0 Å². The predicted octanol–water partition coefficient (Wildman–Crippen LogP) is 3.82. The van der Waals surface area contributed by atoms with Crippen molar-refractivity contribution >= 4 is 21.6 Å². The number of hydrogen-bond acceptors (Lipinski definition) is 6. The molecule has 0 atom stereocenters. The van der Waals surface area contributed by atoms with Crippen LogP contribution in [0.25, 0.3) is 0 Å². The van der Waals surface area contributed by atoms with Gasteiger partial charge in [0.1, 0.15) is 0 Å². The van der Waals surface area contributed by atoms with E-state index in [1.807, 2.05) is 27.7 Å². The Labute approximate surface area is 184 Å². The summed E-state index contributed by atoms with van der Waals surface area (Å²) < 4.78 is 43.8. The van der Waals surface area contributed by atoms with Gasteiger partial charge in [0.15, 0.2) is 11.5 Å². The van der Waals surface area contributed by atoms with Crippen LogP contribution in [0.1, 0.15) is 44.5 Å². The maximum atomic E-state index is 12.8. The Kier molecular flexibility index (Phi) is 9.14. The summed E-state index contributed by atoms with van der Waals surface area (Å²) in [6.07, 6.45) is 0.697. The van der Waals surface area contributed by atoms with Crippen LogP contribution >= 0.6 is 0 Å². The molecule has 0 saturated carbocycles. The standard InChI is InChI=1S/C22H30N2O6S/c1-5-13-23-31(26,27)18-11-9-17(10-12-18)24-22(25)16-14-19(28-6-2)21(30-8-4)20(15-16)29-7-3/h9-12,14-15,23H,5-8,13H2,1-4H3,(H,24,25). The molecule has 8 nitrogen and oxygen atoms in total. The summed E-state index contributed by atoms with van der Waals surface area (Å²) in [5, 5.41) is 2.76. The summed E-state index contributed by atoms with van der Waals surface area (Å²) in [4.78, 5) is 13.0. The molecule has 0 fully saturated rings. The first kappa shape index (κ1) is 24.5. The molecule has 0 aliphatic carbocycles. The van der Waals surface area contributed by atoms with Crippen LogP contribution in [0.3, 0.4) is 0 Å². The number of carbonyl (C=O) groups excluding carboxylic acids is 1. The Morgan fingerprint density at radius 1 is 0.871 bits per heavy atom. The largest absolute Gasteiger partial charge is 0.490 e. The van der Waals surface area contributed by atoms with Crippen molar-refractivity contribution in [2.45, 2.75) is 39.0 Å². The van der Waals surface area contributed by atoms with E-state index < -0.39 is 10.0 Å². The maximum absolute atomic E-state index is 12.8. The van der Waals surface area contributed by atoms with Crippen molar-refractivity contribution in [3.8, 4) is 17.2 Å². The van der Waals surface area contributed by atoms with Crippen molar-refractivity contribution < 1.29 is 27.4 Å². The van der Waals surface area contributed by atoms with E-state index in [2.05, 4.69) is 10.0 Å². The van der Waals surface area contributed by atoms with Crippen LogP contribution in [0, 0.1) is 0 Å². The smallest absolute Gasteiger partial charge is 0.255 e. The van der Waals surface area contributed by atoms with Crippen LogP contribution < -0.4 is 24.2 Å². The molecule has 0 radical (unpaired) electrons. The second-order valence-corrected chi connectivity index (χ2v) is 8.24. The molecule has 170 valence electrons. The highest BCUT2D eigenvalue weighted by Gasteiger charge is 2.19. The molecule has 2 rings (SSSR count). The molecule has 0 bridgehead atoms. The third-order valence-corrected chi connectivity index (χ3v) is 5.61. The number of carbonyl (C=O) groups is 1. The average Bonchev–Trinajstić information content (AvgIpc) is 2.75. The van der Waals surface area contributed by atoms with E-state index in [0.717, 1.165) is 0 Å². The van der Waals surface area contributed by atoms with E-state index in [0.29, 0.717) is 61.3 Å². The molecule has 0 spiro atoms. The number of ether oxygens (including phenoxy) is 3. The normalized spacial score (nSPS) is 11.1. The SMILES string of the molecule is CCCNS(=O)(=O)c1ccc(NC(=O)c2cc(OCC)c(OCC)c(OCC)c2)cc1. The summed E-state index contributed by atoms with van der Waals surface area (Å²) in [7, 11) is -3.56. The predicted molar refractivity (Wildman–Crippen MR) is 120 cm³/mol. The molecular weight excluding hydrogens is 420 g/mol. The van der Waals surface area contributed by atoms with Gasteiger partial charge in [0.2, 0.25) is 15.8 Å². The van der Waals surface area contributed by atoms with Gasteiger partial charge in [0, 0.05) is 17.8 Å². The van der Waals surface area contributed by atoms with E-state index >= 15 is 0 Å². The number of anilines is 1. The van der Waals surface area contributed by atoms with Gasteiger partial charge in [-0.05, 0) is 63.6 Å². The van der Waals surface area contributed by atoms with Gasteiger partial charge < -0.3 is 19.5 Å². The molecule has 9 heteroatoms. The van der Waals surface area contributed by atoms with E-state index in [1.165, 1.54) is 12.1 Å². The minimum Gasteiger partial charge on any atom is -0.490 e. The molecule has 1 amide bonds. The average molecular weight is 451 g/mol. The summed E-state index contributed by atoms with van der Waals surface area (Å²) >= 11 is 0. The highest BCUT2D eigenvalue weighted by molar-refractivity contribution is 7.89. The van der Waals surface area contributed by atoms with Crippen LogP contribution in [-0.2, 0) is 10.0 Å². The van der Waals surface area contributed by atoms with Crippen molar-refractivity contribution in [3.05, 3.63) is 42.0 Å². The van der Waals surface area contributed by atoms with Crippen molar-refractivity contribution in [2.75, 3.05) is 31.7 Å². The van der Waals surface area contributed by atoms with Crippen LogP contribution in [0.4, 0.5) is 5.69 Å². The van der Waals surface area contributed by atoms with Gasteiger partial charge in [-0.25, -0.2) is 13.1 Å². The second-order valence-electron chi connectivity index (χ2n) is 6.48. The number of nitrogens with one attached hydrogen (secondary N) is 2. The fraction of sp³-hybridized carbons (Fsp3) is 0.409. The molecule has 2 aromatic carbocycles. The Balaban J connectivity index is 2.26. The van der Waals surface area contributed by atoms with Crippen LogP contribution in [0.15, 0.2) is 41.3 Å². The molecule has 0 saturated heterocycles. The maximum Gasteiger partial charge on any atom is 0.255 e. The Bertz CT molecular complexity index is 947. The third-order valence-electron chi connectivity index (χ3n) is 4.14. The number of sulfonamides is 1. The second kappa shape index (κ2) is 11.6. The number of rotatable bonds is 12. The Hall–Kier alpha value is -2.78. The highest BCUT2D eigenvalue weighted by atomic mass is 32.2. The molecule has 0 unspecified atom stereocenters. The quantitative estimate of drug-likeness (QED) is 0.510. The van der Waals surface area contributed by atoms with Gasteiger partial charge in [0.05, 0.1) is 24.7 Å². The molecular formula is C22H30N2O6S. The number of benzene rings is 2. The lowest BCUT2D eigenvalue weighted by Gasteiger charge is -2.17. The number of hydrogen-bond donors (Lipinski definition) is 2. The fourth-order valence-corrected chi connectivity index (χ4v) is 3.89. The van der Waals surface area contributed by atoms with Crippen LogP contribution in [0.5, 0.6) is 17.2 Å². The van der Waals surface area contributed by atoms with Gasteiger partial charge >= 0.3 is 0 Å². The lowest BCUT2D eigenvalue weighted by Crippen LogP contribution is -2.24. The Morgan fingerprint density at radius 3 is 1.90 bits per heavy atom. The number of amides is 1. The highest BCUT2D eigenvalue weighted by Crippen LogP contribution is 2.39. The van der Waals surface area contributed by atoms with Crippen LogP contribution in [-0.4, -0.2) is 40.7 Å². The van der Waals surface area contributed by atoms with Crippen molar-refractivity contribution in [1.82, 2.24) is 4.72 Å². The summed E-state index contributed by atoms with van der Waals surface area (Å²) in [6, 6.07) is 9.17. The Morgan fingerprint density at radius 2 is 1.42 bits per heavy atom. The van der Waals surface area contributed by atoms with Crippen molar-refractivity contribution in [1.29, 1.82) is 0 Å².